The van der Waals surface area contributed by atoms with Crippen LogP contribution in [0.4, 0.5) is 0 Å². The van der Waals surface area contributed by atoms with Crippen molar-refractivity contribution in [3.8, 4) is 5.75 Å². The molecule has 0 fully saturated rings. The van der Waals surface area contributed by atoms with E-state index in [1.807, 2.05) is 49.7 Å². The summed E-state index contributed by atoms with van der Waals surface area (Å²) in [5, 5.41) is 10.1. The molecule has 0 aliphatic heterocycles. The Morgan fingerprint density at radius 3 is 2.69 bits per heavy atom. The molecule has 0 amide bonds. The molecular formula is C12H17N3O. The third kappa shape index (κ3) is 1.65. The van der Waals surface area contributed by atoms with Crippen LogP contribution in [0.5, 0.6) is 5.75 Å². The van der Waals surface area contributed by atoms with E-state index >= 15 is 0 Å². The first-order valence-corrected chi connectivity index (χ1v) is 5.29. The molecule has 2 rings (SSSR count). The second-order valence-electron chi connectivity index (χ2n) is 4.40. The number of benzene rings is 1. The Balaban J connectivity index is 2.61. The molecule has 0 radical (unpaired) electrons. The molecule has 0 unspecified atom stereocenters. The number of rotatable bonds is 2. The van der Waals surface area contributed by atoms with Crippen LogP contribution in [0, 0.1) is 6.92 Å². The van der Waals surface area contributed by atoms with E-state index in [0.29, 0.717) is 11.3 Å². The van der Waals surface area contributed by atoms with Crippen LogP contribution in [0.1, 0.15) is 11.4 Å². The lowest BCUT2D eigenvalue weighted by molar-refractivity contribution is 0.387. The van der Waals surface area contributed by atoms with Gasteiger partial charge in [-0.05, 0) is 27.1 Å². The van der Waals surface area contributed by atoms with Crippen molar-refractivity contribution >= 4 is 11.0 Å². The van der Waals surface area contributed by atoms with Crippen LogP contribution >= 0.6 is 0 Å². The van der Waals surface area contributed by atoms with Crippen LogP contribution in [0.15, 0.2) is 12.1 Å². The largest absolute Gasteiger partial charge is 0.505 e. The van der Waals surface area contributed by atoms with E-state index in [0.717, 1.165) is 23.4 Å². The third-order valence-corrected chi connectivity index (χ3v) is 2.82. The molecule has 0 bridgehead atoms. The average Bonchev–Trinajstić information content (AvgIpc) is 2.49. The van der Waals surface area contributed by atoms with Crippen molar-refractivity contribution in [2.24, 2.45) is 7.05 Å². The maximum absolute atomic E-state index is 10.1. The highest BCUT2D eigenvalue weighted by Crippen LogP contribution is 2.28. The van der Waals surface area contributed by atoms with E-state index in [-0.39, 0.29) is 0 Å². The van der Waals surface area contributed by atoms with Crippen LogP contribution in [-0.2, 0) is 13.6 Å². The Morgan fingerprint density at radius 2 is 2.06 bits per heavy atom. The Kier molecular flexibility index (Phi) is 2.59. The van der Waals surface area contributed by atoms with Crippen molar-refractivity contribution in [1.29, 1.82) is 0 Å². The molecular weight excluding hydrogens is 202 g/mol. The summed E-state index contributed by atoms with van der Waals surface area (Å²) in [5.74, 6) is 1.21. The molecule has 86 valence electrons. The van der Waals surface area contributed by atoms with Crippen molar-refractivity contribution in [2.75, 3.05) is 14.1 Å². The molecule has 4 heteroatoms. The topological polar surface area (TPSA) is 41.3 Å². The number of fused-ring (bicyclic) bond motifs is 1. The number of aromatic nitrogens is 2. The number of hydrogen-bond acceptors (Lipinski definition) is 3. The molecule has 0 aliphatic carbocycles. The molecule has 1 aromatic heterocycles. The standard InChI is InChI=1S/C12H17N3O/c1-8-13-11-10(15(8)4)6-5-9(12(11)16)7-14(2)3/h5-6,16H,7H2,1-4H3. The Bertz CT molecular complexity index is 529. The summed E-state index contributed by atoms with van der Waals surface area (Å²) in [6, 6.07) is 3.96. The van der Waals surface area contributed by atoms with Crippen molar-refractivity contribution in [1.82, 2.24) is 14.5 Å². The first-order valence-electron chi connectivity index (χ1n) is 5.29. The lowest BCUT2D eigenvalue weighted by Gasteiger charge is -2.11. The second-order valence-corrected chi connectivity index (χ2v) is 4.40. The zero-order chi connectivity index (χ0) is 11.9. The van der Waals surface area contributed by atoms with Gasteiger partial charge in [0.05, 0.1) is 5.52 Å². The minimum absolute atomic E-state index is 0.301. The zero-order valence-corrected chi connectivity index (χ0v) is 10.2. The van der Waals surface area contributed by atoms with Crippen LogP contribution in [-0.4, -0.2) is 33.7 Å². The van der Waals surface area contributed by atoms with E-state index in [2.05, 4.69) is 4.98 Å². The van der Waals surface area contributed by atoms with Crippen LogP contribution in [0.25, 0.3) is 11.0 Å². The van der Waals surface area contributed by atoms with Crippen molar-refractivity contribution in [2.45, 2.75) is 13.5 Å². The highest BCUT2D eigenvalue weighted by Gasteiger charge is 2.12. The highest BCUT2D eigenvalue weighted by molar-refractivity contribution is 5.83. The number of imidazole rings is 1. The number of phenolic OH excluding ortho intramolecular Hbond substituents is 1. The van der Waals surface area contributed by atoms with Gasteiger partial charge in [0.2, 0.25) is 0 Å². The number of phenols is 1. The third-order valence-electron chi connectivity index (χ3n) is 2.82. The van der Waals surface area contributed by atoms with Gasteiger partial charge in [-0.3, -0.25) is 0 Å². The molecule has 4 nitrogen and oxygen atoms in total. The SMILES string of the molecule is Cc1nc2c(O)c(CN(C)C)ccc2n1C. The summed E-state index contributed by atoms with van der Waals surface area (Å²) >= 11 is 0. The summed E-state index contributed by atoms with van der Waals surface area (Å²) in [7, 11) is 5.91. The first kappa shape index (κ1) is 11.0. The molecule has 0 spiro atoms. The van der Waals surface area contributed by atoms with Gasteiger partial charge in [0.25, 0.3) is 0 Å². The molecule has 0 saturated heterocycles. The van der Waals surface area contributed by atoms with Crippen LogP contribution < -0.4 is 0 Å². The summed E-state index contributed by atoms with van der Waals surface area (Å²) in [6.07, 6.45) is 0. The molecule has 1 N–H and O–H groups in total. The molecule has 0 saturated carbocycles. The number of hydrogen-bond donors (Lipinski definition) is 1. The van der Waals surface area contributed by atoms with Gasteiger partial charge in [-0.25, -0.2) is 4.98 Å². The Hall–Kier alpha value is -1.55. The quantitative estimate of drug-likeness (QED) is 0.835. The predicted molar refractivity (Wildman–Crippen MR) is 64.5 cm³/mol. The predicted octanol–water partition coefficient (Wildman–Crippen LogP) is 1.65. The normalized spacial score (nSPS) is 11.6. The van der Waals surface area contributed by atoms with Crippen LogP contribution in [0.3, 0.4) is 0 Å². The van der Waals surface area contributed by atoms with E-state index in [4.69, 9.17) is 0 Å². The van der Waals surface area contributed by atoms with Gasteiger partial charge in [-0.1, -0.05) is 6.07 Å². The molecule has 1 heterocycles. The summed E-state index contributed by atoms with van der Waals surface area (Å²) in [4.78, 5) is 6.40. The number of nitrogens with zero attached hydrogens (tertiary/aromatic N) is 3. The van der Waals surface area contributed by atoms with E-state index in [9.17, 15) is 5.11 Å². The van der Waals surface area contributed by atoms with E-state index in [1.54, 1.807) is 0 Å². The maximum atomic E-state index is 10.1. The van der Waals surface area contributed by atoms with Crippen molar-refractivity contribution < 1.29 is 5.11 Å². The molecule has 0 atom stereocenters. The van der Waals surface area contributed by atoms with Crippen molar-refractivity contribution in [3.05, 3.63) is 23.5 Å². The molecule has 1 aromatic carbocycles. The Morgan fingerprint density at radius 1 is 1.38 bits per heavy atom. The number of aryl methyl sites for hydroxylation is 2. The molecule has 2 aromatic rings. The molecule has 16 heavy (non-hydrogen) atoms. The van der Waals surface area contributed by atoms with Gasteiger partial charge >= 0.3 is 0 Å². The van der Waals surface area contributed by atoms with Crippen LogP contribution in [0.2, 0.25) is 0 Å². The van der Waals surface area contributed by atoms with Gasteiger partial charge in [-0.2, -0.15) is 0 Å². The monoisotopic (exact) mass is 219 g/mol. The van der Waals surface area contributed by atoms with E-state index < -0.39 is 0 Å². The Labute approximate surface area is 95.1 Å². The second kappa shape index (κ2) is 3.79. The van der Waals surface area contributed by atoms with Gasteiger partial charge in [0.1, 0.15) is 17.1 Å². The minimum Gasteiger partial charge on any atom is -0.505 e. The first-order chi connectivity index (χ1) is 7.50. The zero-order valence-electron chi connectivity index (χ0n) is 10.2. The average molecular weight is 219 g/mol. The smallest absolute Gasteiger partial charge is 0.147 e. The minimum atomic E-state index is 0.301. The summed E-state index contributed by atoms with van der Waals surface area (Å²) in [6.45, 7) is 2.66. The lowest BCUT2D eigenvalue weighted by atomic mass is 10.1. The van der Waals surface area contributed by atoms with Gasteiger partial charge in [-0.15, -0.1) is 0 Å². The highest BCUT2D eigenvalue weighted by atomic mass is 16.3. The van der Waals surface area contributed by atoms with Gasteiger partial charge in [0.15, 0.2) is 0 Å². The van der Waals surface area contributed by atoms with Gasteiger partial charge < -0.3 is 14.6 Å². The fourth-order valence-electron chi connectivity index (χ4n) is 1.87. The number of aromatic hydroxyl groups is 1. The maximum Gasteiger partial charge on any atom is 0.147 e. The summed E-state index contributed by atoms with van der Waals surface area (Å²) in [5.41, 5.74) is 2.58. The van der Waals surface area contributed by atoms with E-state index in [1.165, 1.54) is 0 Å². The lowest BCUT2D eigenvalue weighted by Crippen LogP contribution is -2.10. The van der Waals surface area contributed by atoms with Gasteiger partial charge in [0, 0.05) is 19.2 Å². The molecule has 0 aliphatic rings. The fraction of sp³-hybridized carbons (Fsp3) is 0.417. The fourth-order valence-corrected chi connectivity index (χ4v) is 1.87. The summed E-state index contributed by atoms with van der Waals surface area (Å²) < 4.78 is 1.98. The van der Waals surface area contributed by atoms with Crippen molar-refractivity contribution in [3.63, 3.8) is 0 Å².